The fourth-order valence-electron chi connectivity index (χ4n) is 2.70. The van der Waals surface area contributed by atoms with Crippen molar-refractivity contribution in [2.45, 2.75) is 32.7 Å². The Morgan fingerprint density at radius 1 is 1.26 bits per heavy atom. The lowest BCUT2D eigenvalue weighted by molar-refractivity contribution is -0.124. The van der Waals surface area contributed by atoms with E-state index in [0.717, 1.165) is 18.4 Å². The van der Waals surface area contributed by atoms with Gasteiger partial charge in [-0.2, -0.15) is 0 Å². The maximum atomic E-state index is 12.2. The maximum absolute atomic E-state index is 12.2. The summed E-state index contributed by atoms with van der Waals surface area (Å²) in [6.07, 6.45) is 3.65. The summed E-state index contributed by atoms with van der Waals surface area (Å²) in [6, 6.07) is 8.06. The van der Waals surface area contributed by atoms with Crippen molar-refractivity contribution in [3.05, 3.63) is 53.5 Å². The van der Waals surface area contributed by atoms with Gasteiger partial charge >= 0.3 is 5.97 Å². The van der Waals surface area contributed by atoms with Gasteiger partial charge in [0.05, 0.1) is 11.8 Å². The zero-order valence-electron chi connectivity index (χ0n) is 15.3. The molecule has 1 aromatic carbocycles. The number of anilines is 1. The SMILES string of the molecule is Cc1ccc(C(=O)OCC(=O)N[C@@H](C)C2CC2)cc1NC(=O)c1ccco1. The van der Waals surface area contributed by atoms with E-state index in [1.165, 1.54) is 12.3 Å². The summed E-state index contributed by atoms with van der Waals surface area (Å²) in [7, 11) is 0. The molecule has 142 valence electrons. The molecule has 3 rings (SSSR count). The van der Waals surface area contributed by atoms with Gasteiger partial charge in [0, 0.05) is 11.7 Å². The summed E-state index contributed by atoms with van der Waals surface area (Å²) >= 11 is 0. The molecular weight excluding hydrogens is 348 g/mol. The average molecular weight is 370 g/mol. The van der Waals surface area contributed by atoms with Crippen LogP contribution in [0.2, 0.25) is 0 Å². The van der Waals surface area contributed by atoms with Crippen molar-refractivity contribution in [3.63, 3.8) is 0 Å². The number of furan rings is 1. The van der Waals surface area contributed by atoms with Crippen LogP contribution in [0.25, 0.3) is 0 Å². The highest BCUT2D eigenvalue weighted by molar-refractivity contribution is 6.03. The molecule has 1 atom stereocenters. The Balaban J connectivity index is 1.58. The molecule has 7 nitrogen and oxygen atoms in total. The van der Waals surface area contributed by atoms with Crippen molar-refractivity contribution in [2.24, 2.45) is 5.92 Å². The monoisotopic (exact) mass is 370 g/mol. The van der Waals surface area contributed by atoms with Gasteiger partial charge in [-0.05, 0) is 62.4 Å². The van der Waals surface area contributed by atoms with Crippen LogP contribution in [0, 0.1) is 12.8 Å². The zero-order chi connectivity index (χ0) is 19.4. The van der Waals surface area contributed by atoms with Crippen LogP contribution in [0.15, 0.2) is 41.0 Å². The van der Waals surface area contributed by atoms with E-state index in [0.29, 0.717) is 11.6 Å². The topological polar surface area (TPSA) is 97.6 Å². The molecule has 1 heterocycles. The highest BCUT2D eigenvalue weighted by Gasteiger charge is 2.29. The first-order chi connectivity index (χ1) is 12.9. The molecular formula is C20H22N2O5. The van der Waals surface area contributed by atoms with Gasteiger partial charge in [0.1, 0.15) is 0 Å². The Kier molecular flexibility index (Phi) is 5.59. The van der Waals surface area contributed by atoms with Crippen molar-refractivity contribution < 1.29 is 23.5 Å². The molecule has 1 aromatic heterocycles. The van der Waals surface area contributed by atoms with Crippen molar-refractivity contribution in [1.29, 1.82) is 0 Å². The quantitative estimate of drug-likeness (QED) is 0.731. The number of hydrogen-bond acceptors (Lipinski definition) is 5. The predicted molar refractivity (Wildman–Crippen MR) is 98.5 cm³/mol. The van der Waals surface area contributed by atoms with E-state index >= 15 is 0 Å². The van der Waals surface area contributed by atoms with Crippen LogP contribution in [0.3, 0.4) is 0 Å². The molecule has 0 spiro atoms. The van der Waals surface area contributed by atoms with Gasteiger partial charge in [-0.1, -0.05) is 6.07 Å². The lowest BCUT2D eigenvalue weighted by Gasteiger charge is -2.13. The number of aryl methyl sites for hydroxylation is 1. The Labute approximate surface area is 157 Å². The van der Waals surface area contributed by atoms with Crippen LogP contribution < -0.4 is 10.6 Å². The second-order valence-corrected chi connectivity index (χ2v) is 6.73. The standard InChI is InChI=1S/C20H22N2O5/c1-12-5-6-15(10-16(12)22-19(24)17-4-3-9-26-17)20(25)27-11-18(23)21-13(2)14-7-8-14/h3-6,9-10,13-14H,7-8,11H2,1-2H3,(H,21,23)(H,22,24)/t13-/m0/s1. The first kappa shape index (κ1) is 18.7. The van der Waals surface area contributed by atoms with Crippen LogP contribution in [0.4, 0.5) is 5.69 Å². The summed E-state index contributed by atoms with van der Waals surface area (Å²) in [5, 5.41) is 5.53. The molecule has 2 aromatic rings. The van der Waals surface area contributed by atoms with Gasteiger partial charge in [-0.25, -0.2) is 4.79 Å². The van der Waals surface area contributed by atoms with Gasteiger partial charge < -0.3 is 19.8 Å². The summed E-state index contributed by atoms with van der Waals surface area (Å²) < 4.78 is 10.1. The molecule has 2 N–H and O–H groups in total. The first-order valence-electron chi connectivity index (χ1n) is 8.86. The average Bonchev–Trinajstić information content (AvgIpc) is 3.35. The molecule has 7 heteroatoms. The molecule has 0 saturated heterocycles. The Bertz CT molecular complexity index is 840. The van der Waals surface area contributed by atoms with Crippen molar-refractivity contribution >= 4 is 23.5 Å². The number of nitrogens with one attached hydrogen (secondary N) is 2. The largest absolute Gasteiger partial charge is 0.459 e. The van der Waals surface area contributed by atoms with Crippen LogP contribution in [0.1, 0.15) is 46.2 Å². The van der Waals surface area contributed by atoms with Crippen LogP contribution in [0.5, 0.6) is 0 Å². The Hall–Kier alpha value is -3.09. The molecule has 0 aliphatic heterocycles. The summed E-state index contributed by atoms with van der Waals surface area (Å²) in [4.78, 5) is 36.2. The number of rotatable bonds is 7. The number of carbonyl (C=O) groups excluding carboxylic acids is 3. The lowest BCUT2D eigenvalue weighted by atomic mass is 10.1. The third-order valence-corrected chi connectivity index (χ3v) is 4.52. The molecule has 1 aliphatic carbocycles. The number of esters is 1. The maximum Gasteiger partial charge on any atom is 0.338 e. The van der Waals surface area contributed by atoms with Crippen molar-refractivity contribution in [3.8, 4) is 0 Å². The van der Waals surface area contributed by atoms with Crippen LogP contribution >= 0.6 is 0 Å². The minimum atomic E-state index is -0.627. The summed E-state index contributed by atoms with van der Waals surface area (Å²) in [5.41, 5.74) is 1.50. The van der Waals surface area contributed by atoms with Crippen LogP contribution in [-0.2, 0) is 9.53 Å². The van der Waals surface area contributed by atoms with E-state index in [4.69, 9.17) is 9.15 Å². The minimum absolute atomic E-state index is 0.0963. The zero-order valence-corrected chi connectivity index (χ0v) is 15.3. The third kappa shape index (κ3) is 4.97. The third-order valence-electron chi connectivity index (χ3n) is 4.52. The van der Waals surface area contributed by atoms with E-state index < -0.39 is 11.9 Å². The van der Waals surface area contributed by atoms with E-state index in [2.05, 4.69) is 10.6 Å². The van der Waals surface area contributed by atoms with E-state index in [9.17, 15) is 14.4 Å². The Morgan fingerprint density at radius 2 is 2.04 bits per heavy atom. The summed E-state index contributed by atoms with van der Waals surface area (Å²) in [6.45, 7) is 3.42. The molecule has 0 radical (unpaired) electrons. The number of amides is 2. The predicted octanol–water partition coefficient (Wildman–Crippen LogP) is 2.91. The molecule has 1 fully saturated rings. The number of hydrogen-bond donors (Lipinski definition) is 2. The molecule has 1 aliphatic rings. The molecule has 0 bridgehead atoms. The Morgan fingerprint density at radius 3 is 2.70 bits per heavy atom. The van der Waals surface area contributed by atoms with Gasteiger partial charge in [0.15, 0.2) is 12.4 Å². The highest BCUT2D eigenvalue weighted by atomic mass is 16.5. The number of ether oxygens (including phenoxy) is 1. The molecule has 1 saturated carbocycles. The van der Waals surface area contributed by atoms with Crippen molar-refractivity contribution in [2.75, 3.05) is 11.9 Å². The van der Waals surface area contributed by atoms with Crippen molar-refractivity contribution in [1.82, 2.24) is 5.32 Å². The summed E-state index contributed by atoms with van der Waals surface area (Å²) in [5.74, 6) is -0.660. The molecule has 2 amide bonds. The second-order valence-electron chi connectivity index (χ2n) is 6.73. The minimum Gasteiger partial charge on any atom is -0.459 e. The highest BCUT2D eigenvalue weighted by Crippen LogP contribution is 2.32. The van der Waals surface area contributed by atoms with Gasteiger partial charge in [0.25, 0.3) is 11.8 Å². The van der Waals surface area contributed by atoms with E-state index in [1.807, 2.05) is 6.92 Å². The number of carbonyl (C=O) groups is 3. The van der Waals surface area contributed by atoms with E-state index in [1.54, 1.807) is 31.2 Å². The fourth-order valence-corrected chi connectivity index (χ4v) is 2.70. The first-order valence-corrected chi connectivity index (χ1v) is 8.86. The molecule has 27 heavy (non-hydrogen) atoms. The van der Waals surface area contributed by atoms with Gasteiger partial charge in [-0.15, -0.1) is 0 Å². The smallest absolute Gasteiger partial charge is 0.338 e. The van der Waals surface area contributed by atoms with Crippen LogP contribution in [-0.4, -0.2) is 30.4 Å². The fraction of sp³-hybridized carbons (Fsp3) is 0.350. The second kappa shape index (κ2) is 8.07. The molecule has 0 unspecified atom stereocenters. The van der Waals surface area contributed by atoms with Gasteiger partial charge in [0.2, 0.25) is 0 Å². The normalized spacial score (nSPS) is 14.3. The number of benzene rings is 1. The lowest BCUT2D eigenvalue weighted by Crippen LogP contribution is -2.37. The van der Waals surface area contributed by atoms with Gasteiger partial charge in [-0.3, -0.25) is 9.59 Å². The van der Waals surface area contributed by atoms with E-state index in [-0.39, 0.29) is 29.9 Å².